The van der Waals surface area contributed by atoms with Crippen molar-refractivity contribution in [2.75, 3.05) is 39.5 Å². The molecule has 0 radical (unpaired) electrons. The Bertz CT molecular complexity index is 668. The van der Waals surface area contributed by atoms with Crippen molar-refractivity contribution in [1.29, 1.82) is 0 Å². The average molecular weight is 648 g/mol. The van der Waals surface area contributed by atoms with Crippen molar-refractivity contribution >= 4 is 17.9 Å². The maximum absolute atomic E-state index is 12.2. The summed E-state index contributed by atoms with van der Waals surface area (Å²) in [6.07, 6.45) is 30.3. The number of ether oxygens (including phenoxy) is 3. The largest absolute Gasteiger partial charge is 0.464 e. The SMILES string of the molecule is C=CCCCCCCCCC(=O)OCCN(CCOC(=O)CCCCCCCCC=C)CCOC(=O)CCCCCCCCC=C. The number of unbranched alkanes of at least 4 members (excludes halogenated alkanes) is 18. The summed E-state index contributed by atoms with van der Waals surface area (Å²) in [6, 6.07) is 0. The van der Waals surface area contributed by atoms with Crippen LogP contribution in [0.3, 0.4) is 0 Å². The van der Waals surface area contributed by atoms with E-state index in [0.717, 1.165) is 77.0 Å². The van der Waals surface area contributed by atoms with Crippen LogP contribution in [0.2, 0.25) is 0 Å². The fourth-order valence-electron chi connectivity index (χ4n) is 5.21. The molecule has 0 fully saturated rings. The highest BCUT2D eigenvalue weighted by Gasteiger charge is 2.11. The number of allylic oxidation sites excluding steroid dienone is 3. The molecule has 0 saturated heterocycles. The van der Waals surface area contributed by atoms with Crippen molar-refractivity contribution in [2.45, 2.75) is 154 Å². The van der Waals surface area contributed by atoms with Gasteiger partial charge in [-0.3, -0.25) is 19.3 Å². The number of rotatable bonds is 36. The molecule has 46 heavy (non-hydrogen) atoms. The summed E-state index contributed by atoms with van der Waals surface area (Å²) in [7, 11) is 0. The molecule has 0 rings (SSSR count). The Kier molecular flexibility index (Phi) is 33.6. The van der Waals surface area contributed by atoms with Crippen LogP contribution in [0.1, 0.15) is 154 Å². The maximum Gasteiger partial charge on any atom is 0.305 e. The summed E-state index contributed by atoms with van der Waals surface area (Å²) in [5.41, 5.74) is 0. The Morgan fingerprint density at radius 2 is 0.630 bits per heavy atom. The molecule has 0 aromatic heterocycles. The zero-order chi connectivity index (χ0) is 33.8. The van der Waals surface area contributed by atoms with Crippen LogP contribution in [-0.4, -0.2) is 62.3 Å². The van der Waals surface area contributed by atoms with Crippen molar-refractivity contribution in [2.24, 2.45) is 0 Å². The average Bonchev–Trinajstić information content (AvgIpc) is 3.04. The molecule has 0 aliphatic heterocycles. The first kappa shape index (κ1) is 43.6. The highest BCUT2D eigenvalue weighted by Crippen LogP contribution is 2.11. The quantitative estimate of drug-likeness (QED) is 0.0290. The van der Waals surface area contributed by atoms with Gasteiger partial charge < -0.3 is 14.2 Å². The molecule has 0 aromatic carbocycles. The molecule has 0 bridgehead atoms. The molecule has 0 spiro atoms. The molecule has 0 N–H and O–H groups in total. The minimum absolute atomic E-state index is 0.175. The van der Waals surface area contributed by atoms with E-state index in [0.29, 0.717) is 38.9 Å². The van der Waals surface area contributed by atoms with Crippen LogP contribution in [0.5, 0.6) is 0 Å². The van der Waals surface area contributed by atoms with Gasteiger partial charge in [0.15, 0.2) is 0 Å². The van der Waals surface area contributed by atoms with Crippen LogP contribution >= 0.6 is 0 Å². The topological polar surface area (TPSA) is 82.1 Å². The third-order valence-corrected chi connectivity index (χ3v) is 8.13. The Morgan fingerprint density at radius 3 is 0.891 bits per heavy atom. The fourth-order valence-corrected chi connectivity index (χ4v) is 5.21. The molecule has 7 heteroatoms. The van der Waals surface area contributed by atoms with Gasteiger partial charge >= 0.3 is 17.9 Å². The van der Waals surface area contributed by atoms with Gasteiger partial charge in [-0.1, -0.05) is 95.3 Å². The minimum atomic E-state index is -0.175. The maximum atomic E-state index is 12.2. The summed E-state index contributed by atoms with van der Waals surface area (Å²) < 4.78 is 16.5. The normalized spacial score (nSPS) is 10.9. The molecule has 0 saturated carbocycles. The monoisotopic (exact) mass is 648 g/mol. The third-order valence-electron chi connectivity index (χ3n) is 8.13. The van der Waals surface area contributed by atoms with E-state index in [-0.39, 0.29) is 37.7 Å². The number of carbonyl (C=O) groups excluding carboxylic acids is 3. The lowest BCUT2D eigenvalue weighted by Crippen LogP contribution is -2.35. The zero-order valence-corrected chi connectivity index (χ0v) is 29.5. The van der Waals surface area contributed by atoms with Crippen LogP contribution in [0, 0.1) is 0 Å². The van der Waals surface area contributed by atoms with E-state index in [9.17, 15) is 14.4 Å². The lowest BCUT2D eigenvalue weighted by molar-refractivity contribution is -0.144. The molecule has 0 heterocycles. The number of hydrogen-bond donors (Lipinski definition) is 0. The van der Waals surface area contributed by atoms with E-state index in [1.165, 1.54) is 57.8 Å². The Hall–Kier alpha value is -2.41. The summed E-state index contributed by atoms with van der Waals surface area (Å²) in [5.74, 6) is -0.525. The molecule has 0 amide bonds. The van der Waals surface area contributed by atoms with Gasteiger partial charge in [-0.15, -0.1) is 19.7 Å². The molecule has 0 unspecified atom stereocenters. The highest BCUT2D eigenvalue weighted by molar-refractivity contribution is 5.69. The summed E-state index contributed by atoms with van der Waals surface area (Å²) in [4.78, 5) is 38.7. The highest BCUT2D eigenvalue weighted by atomic mass is 16.5. The first-order valence-electron chi connectivity index (χ1n) is 18.5. The molecule has 266 valence electrons. The van der Waals surface area contributed by atoms with Gasteiger partial charge in [-0.05, 0) is 57.8 Å². The lowest BCUT2D eigenvalue weighted by atomic mass is 10.1. The van der Waals surface area contributed by atoms with Gasteiger partial charge in [0.1, 0.15) is 19.8 Å². The van der Waals surface area contributed by atoms with Gasteiger partial charge in [0, 0.05) is 38.9 Å². The Balaban J connectivity index is 4.31. The zero-order valence-electron chi connectivity index (χ0n) is 29.5. The van der Waals surface area contributed by atoms with E-state index >= 15 is 0 Å². The molecule has 7 nitrogen and oxygen atoms in total. The van der Waals surface area contributed by atoms with Crippen molar-refractivity contribution < 1.29 is 28.6 Å². The van der Waals surface area contributed by atoms with Crippen molar-refractivity contribution in [1.82, 2.24) is 4.90 Å². The van der Waals surface area contributed by atoms with Gasteiger partial charge in [0.05, 0.1) is 0 Å². The van der Waals surface area contributed by atoms with Crippen molar-refractivity contribution in [3.63, 3.8) is 0 Å². The fraction of sp³-hybridized carbons (Fsp3) is 0.769. The molecule has 0 aromatic rings. The molecular formula is C39H69NO6. The molecular weight excluding hydrogens is 578 g/mol. The standard InChI is InChI=1S/C39H69NO6/c1-4-7-10-13-16-19-22-25-28-37(41)44-34-31-40(32-35-45-38(42)29-26-23-20-17-14-11-8-5-2)33-36-46-39(43)30-27-24-21-18-15-12-9-6-3/h4-6H,1-3,7-36H2. The van der Waals surface area contributed by atoms with Crippen molar-refractivity contribution in [3.8, 4) is 0 Å². The molecule has 0 aliphatic rings. The van der Waals surface area contributed by atoms with Gasteiger partial charge in [0.2, 0.25) is 0 Å². The first-order valence-corrected chi connectivity index (χ1v) is 18.5. The number of carbonyl (C=O) groups is 3. The summed E-state index contributed by atoms with van der Waals surface area (Å²) in [6.45, 7) is 13.6. The summed E-state index contributed by atoms with van der Waals surface area (Å²) >= 11 is 0. The Labute approximate surface area is 282 Å². The predicted octanol–water partition coefficient (Wildman–Crippen LogP) is 9.84. The van der Waals surface area contributed by atoms with Crippen LogP contribution < -0.4 is 0 Å². The van der Waals surface area contributed by atoms with E-state index in [4.69, 9.17) is 14.2 Å². The van der Waals surface area contributed by atoms with Gasteiger partial charge in [0.25, 0.3) is 0 Å². The smallest absolute Gasteiger partial charge is 0.305 e. The summed E-state index contributed by atoms with van der Waals surface area (Å²) in [5, 5.41) is 0. The Morgan fingerprint density at radius 1 is 0.391 bits per heavy atom. The second-order valence-corrected chi connectivity index (χ2v) is 12.3. The van der Waals surface area contributed by atoms with E-state index in [1.807, 2.05) is 23.1 Å². The first-order chi connectivity index (χ1) is 22.5. The van der Waals surface area contributed by atoms with Gasteiger partial charge in [-0.2, -0.15) is 0 Å². The number of nitrogens with zero attached hydrogens (tertiary/aromatic N) is 1. The van der Waals surface area contributed by atoms with E-state index < -0.39 is 0 Å². The van der Waals surface area contributed by atoms with Crippen LogP contribution in [0.4, 0.5) is 0 Å². The van der Waals surface area contributed by atoms with E-state index in [2.05, 4.69) is 19.7 Å². The minimum Gasteiger partial charge on any atom is -0.464 e. The lowest BCUT2D eigenvalue weighted by Gasteiger charge is -2.22. The number of esters is 3. The van der Waals surface area contributed by atoms with Crippen molar-refractivity contribution in [3.05, 3.63) is 38.0 Å². The molecule has 0 atom stereocenters. The third kappa shape index (κ3) is 33.0. The van der Waals surface area contributed by atoms with Crippen LogP contribution in [0.25, 0.3) is 0 Å². The number of hydrogen-bond acceptors (Lipinski definition) is 7. The van der Waals surface area contributed by atoms with Crippen LogP contribution in [0.15, 0.2) is 38.0 Å². The molecule has 0 aliphatic carbocycles. The predicted molar refractivity (Wildman–Crippen MR) is 191 cm³/mol. The second kappa shape index (κ2) is 35.4. The van der Waals surface area contributed by atoms with Gasteiger partial charge in [-0.25, -0.2) is 0 Å². The second-order valence-electron chi connectivity index (χ2n) is 12.3. The van der Waals surface area contributed by atoms with E-state index in [1.54, 1.807) is 0 Å². The van der Waals surface area contributed by atoms with Crippen LogP contribution in [-0.2, 0) is 28.6 Å².